The number of benzene rings is 1. The third kappa shape index (κ3) is 5.06. The zero-order valence-electron chi connectivity index (χ0n) is 15.4. The number of ether oxygens (including phenoxy) is 3. The van der Waals surface area contributed by atoms with Gasteiger partial charge in [0.2, 0.25) is 10.0 Å². The Bertz CT molecular complexity index is 843. The number of carbonyl (C=O) groups is 2. The van der Waals surface area contributed by atoms with Crippen LogP contribution in [-0.2, 0) is 33.8 Å². The van der Waals surface area contributed by atoms with E-state index in [0.717, 1.165) is 6.08 Å². The molecule has 27 heavy (non-hydrogen) atoms. The van der Waals surface area contributed by atoms with Crippen LogP contribution < -0.4 is 5.32 Å². The van der Waals surface area contributed by atoms with Crippen LogP contribution in [0.2, 0.25) is 0 Å². The minimum Gasteiger partial charge on any atom is -0.466 e. The second-order valence-electron chi connectivity index (χ2n) is 5.69. The van der Waals surface area contributed by atoms with E-state index in [9.17, 15) is 18.0 Å². The second kappa shape index (κ2) is 8.98. The van der Waals surface area contributed by atoms with E-state index in [1.54, 1.807) is 19.1 Å². The first-order chi connectivity index (χ1) is 12.8. The monoisotopic (exact) mass is 398 g/mol. The van der Waals surface area contributed by atoms with E-state index in [2.05, 4.69) is 14.8 Å². The average Bonchev–Trinajstić information content (AvgIpc) is 2.68. The van der Waals surface area contributed by atoms with Crippen LogP contribution in [0.1, 0.15) is 5.56 Å². The van der Waals surface area contributed by atoms with Gasteiger partial charge in [-0.1, -0.05) is 6.07 Å². The molecule has 0 amide bonds. The summed E-state index contributed by atoms with van der Waals surface area (Å²) >= 11 is 0. The molecule has 1 aliphatic rings. The Labute approximate surface area is 157 Å². The van der Waals surface area contributed by atoms with Gasteiger partial charge in [0.15, 0.2) is 0 Å². The van der Waals surface area contributed by atoms with Crippen molar-refractivity contribution in [1.29, 1.82) is 0 Å². The maximum Gasteiger partial charge on any atom is 0.354 e. The lowest BCUT2D eigenvalue weighted by atomic mass is 10.2. The summed E-state index contributed by atoms with van der Waals surface area (Å²) < 4.78 is 41.5. The van der Waals surface area contributed by atoms with E-state index >= 15 is 0 Å². The standard InChI is InChI=1S/C17H22N2O7S/c1-12-4-5-13(18-14(17(21)25-3)11-16(20)24-2)10-15(12)27(22,23)19-6-8-26-9-7-19/h4-5,10-11,18H,6-9H2,1-3H3/b14-11+. The van der Waals surface area contributed by atoms with Crippen LogP contribution in [0.4, 0.5) is 5.69 Å². The fourth-order valence-corrected chi connectivity index (χ4v) is 4.13. The van der Waals surface area contributed by atoms with Gasteiger partial charge in [0, 0.05) is 18.8 Å². The first kappa shape index (κ1) is 20.9. The number of morpholine rings is 1. The number of esters is 2. The van der Waals surface area contributed by atoms with Crippen LogP contribution in [0.3, 0.4) is 0 Å². The van der Waals surface area contributed by atoms with Crippen LogP contribution >= 0.6 is 0 Å². The van der Waals surface area contributed by atoms with Crippen LogP contribution in [0, 0.1) is 6.92 Å². The van der Waals surface area contributed by atoms with Gasteiger partial charge >= 0.3 is 11.9 Å². The van der Waals surface area contributed by atoms with Crippen LogP contribution in [-0.4, -0.2) is 65.2 Å². The minimum absolute atomic E-state index is 0.108. The van der Waals surface area contributed by atoms with Gasteiger partial charge in [-0.05, 0) is 24.6 Å². The molecule has 1 N–H and O–H groups in total. The summed E-state index contributed by atoms with van der Waals surface area (Å²) in [6.07, 6.45) is 0.932. The summed E-state index contributed by atoms with van der Waals surface area (Å²) in [6.45, 7) is 2.90. The highest BCUT2D eigenvalue weighted by Crippen LogP contribution is 2.25. The number of hydrogen-bond donors (Lipinski definition) is 1. The molecule has 0 unspecified atom stereocenters. The first-order valence-electron chi connectivity index (χ1n) is 8.13. The van der Waals surface area contributed by atoms with Crippen molar-refractivity contribution in [2.75, 3.05) is 45.8 Å². The molecule has 1 fully saturated rings. The molecular formula is C17H22N2O7S. The molecule has 2 rings (SSSR count). The molecule has 0 atom stereocenters. The number of sulfonamides is 1. The highest BCUT2D eigenvalue weighted by atomic mass is 32.2. The van der Waals surface area contributed by atoms with E-state index in [-0.39, 0.29) is 23.7 Å². The van der Waals surface area contributed by atoms with Gasteiger partial charge in [0.05, 0.1) is 38.4 Å². The SMILES string of the molecule is COC(=O)/C=C(/Nc1ccc(C)c(S(=O)(=O)N2CCOCC2)c1)C(=O)OC. The Hall–Kier alpha value is -2.43. The highest BCUT2D eigenvalue weighted by Gasteiger charge is 2.28. The van der Waals surface area contributed by atoms with Crippen molar-refractivity contribution in [3.63, 3.8) is 0 Å². The Morgan fingerprint density at radius 2 is 1.85 bits per heavy atom. The zero-order chi connectivity index (χ0) is 20.0. The Morgan fingerprint density at radius 1 is 1.19 bits per heavy atom. The number of rotatable bonds is 6. The second-order valence-corrected chi connectivity index (χ2v) is 7.60. The predicted molar refractivity (Wildman–Crippen MR) is 96.5 cm³/mol. The molecule has 1 aromatic rings. The van der Waals surface area contributed by atoms with Crippen LogP contribution in [0.25, 0.3) is 0 Å². The van der Waals surface area contributed by atoms with Crippen LogP contribution in [0.5, 0.6) is 0 Å². The molecule has 0 spiro atoms. The molecular weight excluding hydrogens is 376 g/mol. The third-order valence-corrected chi connectivity index (χ3v) is 5.96. The summed E-state index contributed by atoms with van der Waals surface area (Å²) in [4.78, 5) is 23.4. The molecule has 1 heterocycles. The molecule has 1 aromatic carbocycles. The summed E-state index contributed by atoms with van der Waals surface area (Å²) in [7, 11) is -1.38. The van der Waals surface area contributed by atoms with Gasteiger partial charge in [-0.15, -0.1) is 0 Å². The summed E-state index contributed by atoms with van der Waals surface area (Å²) in [5.74, 6) is -1.55. The summed E-state index contributed by atoms with van der Waals surface area (Å²) in [5.41, 5.74) is 0.694. The Morgan fingerprint density at radius 3 is 2.44 bits per heavy atom. The molecule has 0 aliphatic carbocycles. The van der Waals surface area contributed by atoms with E-state index < -0.39 is 22.0 Å². The lowest BCUT2D eigenvalue weighted by Crippen LogP contribution is -2.40. The van der Waals surface area contributed by atoms with E-state index in [1.807, 2.05) is 0 Å². The zero-order valence-corrected chi connectivity index (χ0v) is 16.2. The van der Waals surface area contributed by atoms with Crippen molar-refractivity contribution in [3.8, 4) is 0 Å². The molecule has 1 saturated heterocycles. The van der Waals surface area contributed by atoms with Crippen LogP contribution in [0.15, 0.2) is 34.9 Å². The van der Waals surface area contributed by atoms with Gasteiger partial charge in [-0.25, -0.2) is 18.0 Å². The summed E-state index contributed by atoms with van der Waals surface area (Å²) in [5, 5.41) is 2.72. The molecule has 0 radical (unpaired) electrons. The van der Waals surface area contributed by atoms with Crippen molar-refractivity contribution < 1.29 is 32.2 Å². The predicted octanol–water partition coefficient (Wildman–Crippen LogP) is 0.658. The van der Waals surface area contributed by atoms with Crippen molar-refractivity contribution in [2.24, 2.45) is 0 Å². The Balaban J connectivity index is 2.37. The molecule has 9 nitrogen and oxygen atoms in total. The van der Waals surface area contributed by atoms with Crippen molar-refractivity contribution >= 4 is 27.6 Å². The number of nitrogens with zero attached hydrogens (tertiary/aromatic N) is 1. The topological polar surface area (TPSA) is 111 Å². The largest absolute Gasteiger partial charge is 0.466 e. The lowest BCUT2D eigenvalue weighted by Gasteiger charge is -2.27. The number of hydrogen-bond acceptors (Lipinski definition) is 8. The van der Waals surface area contributed by atoms with E-state index in [1.165, 1.54) is 24.6 Å². The van der Waals surface area contributed by atoms with Crippen molar-refractivity contribution in [3.05, 3.63) is 35.5 Å². The first-order valence-corrected chi connectivity index (χ1v) is 9.57. The lowest BCUT2D eigenvalue weighted by molar-refractivity contribution is -0.138. The molecule has 0 saturated carbocycles. The quantitative estimate of drug-likeness (QED) is 0.549. The van der Waals surface area contributed by atoms with Crippen molar-refractivity contribution in [1.82, 2.24) is 4.31 Å². The molecule has 1 aliphatic heterocycles. The van der Waals surface area contributed by atoms with Gasteiger partial charge in [0.25, 0.3) is 0 Å². The number of methoxy groups -OCH3 is 2. The normalized spacial score (nSPS) is 15.9. The maximum atomic E-state index is 12.9. The van der Waals surface area contributed by atoms with Gasteiger partial charge in [-0.3, -0.25) is 0 Å². The number of aryl methyl sites for hydroxylation is 1. The van der Waals surface area contributed by atoms with Gasteiger partial charge in [-0.2, -0.15) is 4.31 Å². The van der Waals surface area contributed by atoms with E-state index in [4.69, 9.17) is 4.74 Å². The van der Waals surface area contributed by atoms with Crippen molar-refractivity contribution in [2.45, 2.75) is 11.8 Å². The number of anilines is 1. The highest BCUT2D eigenvalue weighted by molar-refractivity contribution is 7.89. The molecule has 148 valence electrons. The van der Waals surface area contributed by atoms with E-state index in [0.29, 0.717) is 24.5 Å². The molecule has 0 bridgehead atoms. The number of nitrogens with one attached hydrogen (secondary N) is 1. The Kier molecular flexibility index (Phi) is 6.94. The van der Waals surface area contributed by atoms with Gasteiger partial charge in [0.1, 0.15) is 5.70 Å². The molecule has 10 heteroatoms. The maximum absolute atomic E-state index is 12.9. The average molecular weight is 398 g/mol. The molecule has 0 aromatic heterocycles. The fraction of sp³-hybridized carbons (Fsp3) is 0.412. The smallest absolute Gasteiger partial charge is 0.354 e. The summed E-state index contributed by atoms with van der Waals surface area (Å²) in [6, 6.07) is 4.62. The van der Waals surface area contributed by atoms with Gasteiger partial charge < -0.3 is 19.5 Å². The number of carbonyl (C=O) groups excluding carboxylic acids is 2. The fourth-order valence-electron chi connectivity index (χ4n) is 2.47. The minimum atomic E-state index is -3.72. The third-order valence-electron chi connectivity index (χ3n) is 3.92.